The lowest BCUT2D eigenvalue weighted by atomic mass is 9.48. The number of esters is 2. The molecule has 0 heterocycles. The van der Waals surface area contributed by atoms with E-state index in [9.17, 15) is 14.4 Å². The molecule has 6 atom stereocenters. The average Bonchev–Trinajstić information content (AvgIpc) is 2.89. The highest BCUT2D eigenvalue weighted by Crippen LogP contribution is 2.64. The summed E-state index contributed by atoms with van der Waals surface area (Å²) in [5.41, 5.74) is 0.664. The molecule has 0 spiro atoms. The highest BCUT2D eigenvalue weighted by molar-refractivity contribution is 5.87. The van der Waals surface area contributed by atoms with Crippen molar-refractivity contribution in [1.29, 1.82) is 0 Å². The predicted molar refractivity (Wildman–Crippen MR) is 103 cm³/mol. The van der Waals surface area contributed by atoms with Crippen molar-refractivity contribution in [2.45, 2.75) is 72.3 Å². The fraction of sp³-hybridized carbons (Fsp3) is 0.696. The molecule has 0 radical (unpaired) electrons. The van der Waals surface area contributed by atoms with E-state index in [-0.39, 0.29) is 34.8 Å². The van der Waals surface area contributed by atoms with Crippen LogP contribution in [0.25, 0.3) is 0 Å². The largest absolute Gasteiger partial charge is 0.462 e. The Kier molecular flexibility index (Phi) is 4.55. The molecule has 0 amide bonds. The molecule has 0 saturated heterocycles. The van der Waals surface area contributed by atoms with Gasteiger partial charge in [-0.2, -0.15) is 0 Å². The van der Waals surface area contributed by atoms with E-state index in [1.54, 1.807) is 0 Å². The van der Waals surface area contributed by atoms with E-state index in [0.717, 1.165) is 25.0 Å². The van der Waals surface area contributed by atoms with Gasteiger partial charge in [0, 0.05) is 38.0 Å². The smallest absolute Gasteiger partial charge is 0.307 e. The Hall–Kier alpha value is -1.91. The van der Waals surface area contributed by atoms with Crippen LogP contribution in [0.5, 0.6) is 0 Å². The van der Waals surface area contributed by atoms with Crippen LogP contribution in [0.3, 0.4) is 0 Å². The summed E-state index contributed by atoms with van der Waals surface area (Å²) >= 11 is 0. The topological polar surface area (TPSA) is 69.7 Å². The van der Waals surface area contributed by atoms with E-state index >= 15 is 0 Å². The van der Waals surface area contributed by atoms with Gasteiger partial charge in [-0.3, -0.25) is 14.4 Å². The minimum Gasteiger partial charge on any atom is -0.462 e. The summed E-state index contributed by atoms with van der Waals surface area (Å²) in [6.45, 7) is 7.23. The van der Waals surface area contributed by atoms with E-state index in [0.29, 0.717) is 36.9 Å². The summed E-state index contributed by atoms with van der Waals surface area (Å²) < 4.78 is 11.2. The van der Waals surface area contributed by atoms with E-state index in [1.165, 1.54) is 19.4 Å². The zero-order chi connectivity index (χ0) is 20.3. The Morgan fingerprint density at radius 3 is 2.54 bits per heavy atom. The number of hydrogen-bond donors (Lipinski definition) is 0. The van der Waals surface area contributed by atoms with Gasteiger partial charge in [-0.05, 0) is 54.6 Å². The van der Waals surface area contributed by atoms with Crippen LogP contribution in [0, 0.1) is 28.6 Å². The molecule has 0 bridgehead atoms. The number of fused-ring (bicyclic) bond motifs is 5. The Morgan fingerprint density at radius 1 is 1.11 bits per heavy atom. The lowest BCUT2D eigenvalue weighted by Gasteiger charge is -2.57. The van der Waals surface area contributed by atoms with Gasteiger partial charge in [-0.25, -0.2) is 0 Å². The van der Waals surface area contributed by atoms with Crippen molar-refractivity contribution in [2.75, 3.05) is 0 Å². The number of hydrogen-bond acceptors (Lipinski definition) is 5. The van der Waals surface area contributed by atoms with Crippen molar-refractivity contribution in [3.8, 4) is 0 Å². The van der Waals surface area contributed by atoms with Crippen molar-refractivity contribution in [3.63, 3.8) is 0 Å². The van der Waals surface area contributed by atoms with Gasteiger partial charge >= 0.3 is 11.9 Å². The molecule has 0 unspecified atom stereocenters. The molecule has 0 aromatic heterocycles. The van der Waals surface area contributed by atoms with Gasteiger partial charge in [0.25, 0.3) is 0 Å². The molecule has 5 nitrogen and oxygen atoms in total. The monoisotopic (exact) mass is 386 g/mol. The summed E-state index contributed by atoms with van der Waals surface area (Å²) in [5, 5.41) is 0. The molecule has 2 fully saturated rings. The van der Waals surface area contributed by atoms with E-state index in [4.69, 9.17) is 9.47 Å². The number of ketones is 1. The molecule has 152 valence electrons. The van der Waals surface area contributed by atoms with E-state index in [2.05, 4.69) is 19.9 Å². The molecule has 5 heteroatoms. The fourth-order valence-electron chi connectivity index (χ4n) is 6.76. The van der Waals surface area contributed by atoms with E-state index < -0.39 is 0 Å². The summed E-state index contributed by atoms with van der Waals surface area (Å²) in [5.74, 6) is 1.36. The maximum atomic E-state index is 12.7. The molecule has 0 aliphatic heterocycles. The summed E-state index contributed by atoms with van der Waals surface area (Å²) in [6.07, 6.45) is 8.67. The average molecular weight is 386 g/mol. The van der Waals surface area contributed by atoms with Crippen LogP contribution in [0.15, 0.2) is 23.5 Å². The third kappa shape index (κ3) is 2.85. The molecule has 0 aromatic rings. The number of ether oxygens (including phenoxy) is 2. The van der Waals surface area contributed by atoms with Crippen LogP contribution < -0.4 is 0 Å². The molecule has 28 heavy (non-hydrogen) atoms. The van der Waals surface area contributed by atoms with Gasteiger partial charge in [0.05, 0.1) is 0 Å². The summed E-state index contributed by atoms with van der Waals surface area (Å²) in [4.78, 5) is 36.0. The minimum atomic E-state index is -0.379. The normalized spacial score (nSPS) is 41.8. The van der Waals surface area contributed by atoms with Crippen LogP contribution in [0.2, 0.25) is 0 Å². The minimum absolute atomic E-state index is 0.139. The zero-order valence-electron chi connectivity index (χ0n) is 17.2. The maximum absolute atomic E-state index is 12.7. The summed E-state index contributed by atoms with van der Waals surface area (Å²) in [7, 11) is 0. The predicted octanol–water partition coefficient (Wildman–Crippen LogP) is 4.12. The number of allylic oxidation sites excluding steroid dienone is 4. The summed E-state index contributed by atoms with van der Waals surface area (Å²) in [6, 6.07) is 0. The second-order valence-corrected chi connectivity index (χ2v) is 9.54. The molecule has 0 N–H and O–H groups in total. The second kappa shape index (κ2) is 6.57. The number of rotatable bonds is 2. The van der Waals surface area contributed by atoms with Crippen LogP contribution >= 0.6 is 0 Å². The molecule has 2 saturated carbocycles. The second-order valence-electron chi connectivity index (χ2n) is 9.54. The van der Waals surface area contributed by atoms with Crippen molar-refractivity contribution in [3.05, 3.63) is 23.5 Å². The van der Waals surface area contributed by atoms with E-state index in [1.807, 2.05) is 6.08 Å². The zero-order valence-corrected chi connectivity index (χ0v) is 17.2. The Balaban J connectivity index is 1.74. The lowest BCUT2D eigenvalue weighted by molar-refractivity contribution is -0.172. The van der Waals surface area contributed by atoms with Gasteiger partial charge in [0.2, 0.25) is 0 Å². The van der Waals surface area contributed by atoms with Gasteiger partial charge in [-0.1, -0.05) is 19.9 Å². The van der Waals surface area contributed by atoms with Crippen LogP contribution in [-0.2, 0) is 23.9 Å². The SMILES string of the molecule is CC(=O)OC1=CC2=CC[C@@H]3[C@H]([C@@H](OC(C)=O)C[C@]4(C)C(=O)CC[C@@H]34)[C@@]2(C)CC1. The first-order chi connectivity index (χ1) is 13.1. The third-order valence-electron chi connectivity index (χ3n) is 7.95. The number of carbonyl (C=O) groups is 3. The Bertz CT molecular complexity index is 793. The number of carbonyl (C=O) groups excluding carboxylic acids is 3. The van der Waals surface area contributed by atoms with Crippen LogP contribution in [0.1, 0.15) is 66.2 Å². The van der Waals surface area contributed by atoms with Gasteiger partial charge in [0.15, 0.2) is 0 Å². The number of Topliss-reactive ketones (excluding diaryl/α,β-unsaturated/α-hetero) is 1. The quantitative estimate of drug-likeness (QED) is 0.668. The fourth-order valence-corrected chi connectivity index (χ4v) is 6.76. The molecular weight excluding hydrogens is 356 g/mol. The molecule has 4 rings (SSSR count). The maximum Gasteiger partial charge on any atom is 0.307 e. The molecular formula is C23H30O5. The Morgan fingerprint density at radius 2 is 1.86 bits per heavy atom. The molecule has 4 aliphatic rings. The molecule has 0 aromatic carbocycles. The van der Waals surface area contributed by atoms with Gasteiger partial charge in [-0.15, -0.1) is 0 Å². The first-order valence-electron chi connectivity index (χ1n) is 10.5. The van der Waals surface area contributed by atoms with Crippen LogP contribution in [-0.4, -0.2) is 23.8 Å². The van der Waals surface area contributed by atoms with Crippen molar-refractivity contribution in [2.24, 2.45) is 28.6 Å². The van der Waals surface area contributed by atoms with Gasteiger partial charge in [0.1, 0.15) is 17.6 Å². The van der Waals surface area contributed by atoms with Crippen molar-refractivity contribution in [1.82, 2.24) is 0 Å². The van der Waals surface area contributed by atoms with Crippen molar-refractivity contribution < 1.29 is 23.9 Å². The molecule has 4 aliphatic carbocycles. The highest BCUT2D eigenvalue weighted by atomic mass is 16.5. The van der Waals surface area contributed by atoms with Crippen LogP contribution in [0.4, 0.5) is 0 Å². The van der Waals surface area contributed by atoms with Crippen molar-refractivity contribution >= 4 is 17.7 Å². The van der Waals surface area contributed by atoms with Gasteiger partial charge < -0.3 is 9.47 Å². The highest BCUT2D eigenvalue weighted by Gasteiger charge is 2.62. The first-order valence-corrected chi connectivity index (χ1v) is 10.5. The lowest BCUT2D eigenvalue weighted by Crippen LogP contribution is -2.56. The Labute approximate surface area is 166 Å². The third-order valence-corrected chi connectivity index (χ3v) is 7.95. The standard InChI is InChI=1S/C23H30O5/c1-13(24)27-16-9-10-22(3)15(11-16)5-6-17-18-7-8-20(26)23(18,4)12-19(21(17)22)28-14(2)25/h5,11,17-19,21H,6-10,12H2,1-4H3/t17-,18-,19-,21+,22-,23-/m0/s1. The first kappa shape index (κ1) is 19.4.